The molecule has 0 bridgehead atoms. The number of anilines is 1. The van der Waals surface area contributed by atoms with E-state index in [1.54, 1.807) is 29.9 Å². The van der Waals surface area contributed by atoms with E-state index >= 15 is 0 Å². The second-order valence-electron chi connectivity index (χ2n) is 4.76. The van der Waals surface area contributed by atoms with Crippen LogP contribution in [0.5, 0.6) is 5.75 Å². The Bertz CT molecular complexity index is 766. The number of carbonyl (C=O) groups excluding carboxylic acids is 1. The Balaban J connectivity index is 1.52. The number of carbonyl (C=O) groups is 1. The first-order valence-electron chi connectivity index (χ1n) is 6.84. The number of benzene rings is 1. The largest absolute Gasteiger partial charge is 0.486 e. The highest BCUT2D eigenvalue weighted by Crippen LogP contribution is 2.14. The predicted octanol–water partition coefficient (Wildman–Crippen LogP) is 0.958. The molecule has 118 valence electrons. The van der Waals surface area contributed by atoms with E-state index in [-0.39, 0.29) is 18.9 Å². The van der Waals surface area contributed by atoms with Crippen LogP contribution in [0, 0.1) is 0 Å². The number of tetrazole rings is 1. The third-order valence-electron chi connectivity index (χ3n) is 3.07. The second kappa shape index (κ2) is 6.69. The summed E-state index contributed by atoms with van der Waals surface area (Å²) in [6.07, 6.45) is 1.63. The molecule has 0 fully saturated rings. The summed E-state index contributed by atoms with van der Waals surface area (Å²) in [4.78, 5) is 11.8. The summed E-state index contributed by atoms with van der Waals surface area (Å²) in [6.45, 7) is 0.273. The van der Waals surface area contributed by atoms with Gasteiger partial charge in [-0.15, -0.1) is 5.10 Å². The Morgan fingerprint density at radius 3 is 2.78 bits per heavy atom. The van der Waals surface area contributed by atoms with Crippen LogP contribution in [0.25, 0.3) is 0 Å². The van der Waals surface area contributed by atoms with Crippen molar-refractivity contribution in [3.8, 4) is 5.75 Å². The van der Waals surface area contributed by atoms with Crippen LogP contribution in [0.3, 0.4) is 0 Å². The average Bonchev–Trinajstić information content (AvgIpc) is 3.18. The predicted molar refractivity (Wildman–Crippen MR) is 78.4 cm³/mol. The van der Waals surface area contributed by atoms with Gasteiger partial charge in [-0.25, -0.2) is 4.68 Å². The molecule has 3 rings (SSSR count). The number of aromatic nitrogens is 5. The molecule has 0 saturated carbocycles. The SMILES string of the molecule is Cn1nnnc1COc1ccc(CC(=O)Nc2ccon2)cc1. The average molecular weight is 314 g/mol. The minimum Gasteiger partial charge on any atom is -0.486 e. The fourth-order valence-electron chi connectivity index (χ4n) is 1.87. The van der Waals surface area contributed by atoms with E-state index < -0.39 is 0 Å². The Hall–Kier alpha value is -3.23. The van der Waals surface area contributed by atoms with Gasteiger partial charge in [-0.05, 0) is 28.1 Å². The number of ether oxygens (including phenoxy) is 1. The normalized spacial score (nSPS) is 10.5. The first-order valence-corrected chi connectivity index (χ1v) is 6.84. The molecule has 0 spiro atoms. The highest BCUT2D eigenvalue weighted by molar-refractivity contribution is 5.91. The van der Waals surface area contributed by atoms with Gasteiger partial charge in [0.25, 0.3) is 0 Å². The number of hydrogen-bond acceptors (Lipinski definition) is 7. The maximum absolute atomic E-state index is 11.8. The zero-order chi connectivity index (χ0) is 16.1. The third kappa shape index (κ3) is 3.90. The van der Waals surface area contributed by atoms with E-state index in [1.807, 2.05) is 12.1 Å². The van der Waals surface area contributed by atoms with Gasteiger partial charge >= 0.3 is 0 Å². The van der Waals surface area contributed by atoms with Crippen molar-refractivity contribution in [3.63, 3.8) is 0 Å². The van der Waals surface area contributed by atoms with Gasteiger partial charge < -0.3 is 14.6 Å². The standard InChI is InChI=1S/C14H14N6O3/c1-20-13(16-18-19-20)9-22-11-4-2-10(3-5-11)8-14(21)15-12-6-7-23-17-12/h2-7H,8-9H2,1H3,(H,15,17,21). The molecule has 0 aliphatic heterocycles. The van der Waals surface area contributed by atoms with Crippen molar-refractivity contribution in [2.45, 2.75) is 13.0 Å². The van der Waals surface area contributed by atoms with Crippen LogP contribution in [-0.2, 0) is 24.9 Å². The molecular formula is C14H14N6O3. The smallest absolute Gasteiger partial charge is 0.230 e. The molecule has 0 unspecified atom stereocenters. The molecule has 0 atom stereocenters. The molecular weight excluding hydrogens is 300 g/mol. The molecule has 3 aromatic rings. The summed E-state index contributed by atoms with van der Waals surface area (Å²) in [7, 11) is 1.75. The van der Waals surface area contributed by atoms with Crippen molar-refractivity contribution in [1.29, 1.82) is 0 Å². The molecule has 0 radical (unpaired) electrons. The summed E-state index contributed by atoms with van der Waals surface area (Å²) in [5.74, 6) is 1.53. The summed E-state index contributed by atoms with van der Waals surface area (Å²) in [5.41, 5.74) is 0.860. The quantitative estimate of drug-likeness (QED) is 0.721. The number of nitrogens with one attached hydrogen (secondary N) is 1. The van der Waals surface area contributed by atoms with Crippen LogP contribution in [0.1, 0.15) is 11.4 Å². The van der Waals surface area contributed by atoms with Crippen LogP contribution in [0.15, 0.2) is 41.1 Å². The van der Waals surface area contributed by atoms with Gasteiger partial charge in [0, 0.05) is 13.1 Å². The minimum atomic E-state index is -0.169. The molecule has 0 aliphatic carbocycles. The molecule has 1 amide bonds. The highest BCUT2D eigenvalue weighted by atomic mass is 16.5. The van der Waals surface area contributed by atoms with Crippen LogP contribution in [0.4, 0.5) is 5.82 Å². The van der Waals surface area contributed by atoms with Crippen LogP contribution in [-0.4, -0.2) is 31.3 Å². The Kier molecular flexibility index (Phi) is 4.27. The molecule has 0 saturated heterocycles. The highest BCUT2D eigenvalue weighted by Gasteiger charge is 2.07. The number of hydrogen-bond donors (Lipinski definition) is 1. The Labute approximate surface area is 131 Å². The molecule has 1 aromatic carbocycles. The summed E-state index contributed by atoms with van der Waals surface area (Å²) >= 11 is 0. The lowest BCUT2D eigenvalue weighted by atomic mass is 10.1. The molecule has 2 heterocycles. The first kappa shape index (κ1) is 14.7. The second-order valence-corrected chi connectivity index (χ2v) is 4.76. The molecule has 0 aliphatic rings. The van der Waals surface area contributed by atoms with E-state index in [1.165, 1.54) is 6.26 Å². The maximum Gasteiger partial charge on any atom is 0.230 e. The van der Waals surface area contributed by atoms with Crippen molar-refractivity contribution in [1.82, 2.24) is 25.4 Å². The van der Waals surface area contributed by atoms with Crippen LogP contribution >= 0.6 is 0 Å². The lowest BCUT2D eigenvalue weighted by Gasteiger charge is -2.06. The van der Waals surface area contributed by atoms with Gasteiger partial charge in [0.2, 0.25) is 5.91 Å². The van der Waals surface area contributed by atoms with Crippen molar-refractivity contribution in [2.24, 2.45) is 7.05 Å². The van der Waals surface area contributed by atoms with Crippen molar-refractivity contribution < 1.29 is 14.1 Å². The van der Waals surface area contributed by atoms with Gasteiger partial charge in [0.05, 0.1) is 6.42 Å². The van der Waals surface area contributed by atoms with Crippen molar-refractivity contribution >= 4 is 11.7 Å². The first-order chi connectivity index (χ1) is 11.2. The Morgan fingerprint density at radius 1 is 1.30 bits per heavy atom. The van der Waals surface area contributed by atoms with Gasteiger partial charge in [0.1, 0.15) is 18.6 Å². The van der Waals surface area contributed by atoms with Gasteiger partial charge in [-0.2, -0.15) is 0 Å². The molecule has 1 N–H and O–H groups in total. The number of rotatable bonds is 6. The molecule has 9 nitrogen and oxygen atoms in total. The third-order valence-corrected chi connectivity index (χ3v) is 3.07. The zero-order valence-electron chi connectivity index (χ0n) is 12.3. The molecule has 9 heteroatoms. The lowest BCUT2D eigenvalue weighted by Crippen LogP contribution is -2.14. The topological polar surface area (TPSA) is 108 Å². The summed E-state index contributed by atoms with van der Waals surface area (Å²) in [6, 6.07) is 8.82. The Morgan fingerprint density at radius 2 is 2.13 bits per heavy atom. The van der Waals surface area contributed by atoms with E-state index in [0.717, 1.165) is 5.56 Å². The summed E-state index contributed by atoms with van der Waals surface area (Å²) in [5, 5.41) is 17.4. The van der Waals surface area contributed by atoms with E-state index in [2.05, 4.69) is 30.5 Å². The van der Waals surface area contributed by atoms with Crippen LogP contribution < -0.4 is 10.1 Å². The minimum absolute atomic E-state index is 0.169. The van der Waals surface area contributed by atoms with Crippen molar-refractivity contribution in [3.05, 3.63) is 48.0 Å². The van der Waals surface area contributed by atoms with Crippen molar-refractivity contribution in [2.75, 3.05) is 5.32 Å². The maximum atomic E-state index is 11.8. The molecule has 2 aromatic heterocycles. The number of aryl methyl sites for hydroxylation is 1. The number of amides is 1. The van der Waals surface area contributed by atoms with Gasteiger partial charge in [-0.1, -0.05) is 17.3 Å². The fourth-order valence-corrected chi connectivity index (χ4v) is 1.87. The van der Waals surface area contributed by atoms with E-state index in [0.29, 0.717) is 17.4 Å². The van der Waals surface area contributed by atoms with Crippen LogP contribution in [0.2, 0.25) is 0 Å². The fraction of sp³-hybridized carbons (Fsp3) is 0.214. The monoisotopic (exact) mass is 314 g/mol. The van der Waals surface area contributed by atoms with E-state index in [4.69, 9.17) is 4.74 Å². The zero-order valence-corrected chi connectivity index (χ0v) is 12.3. The summed E-state index contributed by atoms with van der Waals surface area (Å²) < 4.78 is 11.8. The number of nitrogens with zero attached hydrogens (tertiary/aromatic N) is 5. The molecule has 23 heavy (non-hydrogen) atoms. The lowest BCUT2D eigenvalue weighted by molar-refractivity contribution is -0.115. The van der Waals surface area contributed by atoms with Gasteiger partial charge in [-0.3, -0.25) is 4.79 Å². The van der Waals surface area contributed by atoms with E-state index in [9.17, 15) is 4.79 Å². The van der Waals surface area contributed by atoms with Gasteiger partial charge in [0.15, 0.2) is 11.6 Å².